The molecule has 0 heterocycles. The van der Waals surface area contributed by atoms with E-state index in [1.165, 1.54) is 19.1 Å². The molecule has 0 radical (unpaired) electrons. The summed E-state index contributed by atoms with van der Waals surface area (Å²) in [5.74, 6) is 0. The molecule has 0 aromatic heterocycles. The van der Waals surface area contributed by atoms with Crippen LogP contribution < -0.4 is 0 Å². The largest absolute Gasteiger partial charge is 0.451 e. The first-order valence-electron chi connectivity index (χ1n) is 5.74. The van der Waals surface area contributed by atoms with Gasteiger partial charge < -0.3 is 4.43 Å². The molecule has 1 unspecified atom stereocenters. The Balaban J connectivity index is 3.18. The Morgan fingerprint density at radius 3 is 1.95 bits per heavy atom. The molecule has 7 heteroatoms. The van der Waals surface area contributed by atoms with Gasteiger partial charge >= 0.3 is 11.7 Å². The summed E-state index contributed by atoms with van der Waals surface area (Å²) in [6, 6.07) is 7.26. The first-order valence-corrected chi connectivity index (χ1v) is 8.06. The van der Waals surface area contributed by atoms with E-state index < -0.39 is 20.0 Å². The summed E-state index contributed by atoms with van der Waals surface area (Å²) < 4.78 is 70.1. The molecule has 19 heavy (non-hydrogen) atoms. The minimum Gasteiger partial charge on any atom is -0.413 e. The molecule has 1 rings (SSSR count). The zero-order chi connectivity index (χ0) is 14.7. The molecule has 0 aliphatic carbocycles. The van der Waals surface area contributed by atoms with Gasteiger partial charge in [-0.15, -0.1) is 0 Å². The summed E-state index contributed by atoms with van der Waals surface area (Å²) in [7, 11) is -3.36. The van der Waals surface area contributed by atoms with Gasteiger partial charge in [0.25, 0.3) is 8.32 Å². The highest BCUT2D eigenvalue weighted by Gasteiger charge is 2.71. The van der Waals surface area contributed by atoms with E-state index in [0.717, 1.165) is 7.11 Å². The number of halogens is 5. The van der Waals surface area contributed by atoms with Crippen LogP contribution in [-0.2, 0) is 10.5 Å². The molecule has 0 N–H and O–H groups in total. The van der Waals surface area contributed by atoms with Crippen LogP contribution in [0.2, 0.25) is 6.04 Å². The summed E-state index contributed by atoms with van der Waals surface area (Å²) in [6.07, 6.45) is -5.58. The number of hydrogen-bond acceptors (Lipinski definition) is 1. The normalized spacial score (nSPS) is 16.2. The van der Waals surface area contributed by atoms with E-state index in [9.17, 15) is 22.0 Å². The van der Waals surface area contributed by atoms with Gasteiger partial charge in [-0.3, -0.25) is 0 Å². The summed E-state index contributed by atoms with van der Waals surface area (Å²) in [6.45, 7) is 1.32. The maximum Gasteiger partial charge on any atom is 0.451 e. The second-order valence-electron chi connectivity index (χ2n) is 4.29. The molecule has 0 amide bonds. The van der Waals surface area contributed by atoms with Crippen molar-refractivity contribution in [2.24, 2.45) is 0 Å². The zero-order valence-electron chi connectivity index (χ0n) is 10.6. The summed E-state index contributed by atoms with van der Waals surface area (Å²) in [5, 5.41) is 0. The molecular formula is C12H15F5OSi. The van der Waals surface area contributed by atoms with Crippen molar-refractivity contribution < 1.29 is 26.4 Å². The first kappa shape index (κ1) is 16.1. The van der Waals surface area contributed by atoms with Crippen molar-refractivity contribution in [1.29, 1.82) is 0 Å². The molecule has 0 spiro atoms. The predicted molar refractivity (Wildman–Crippen MR) is 64.4 cm³/mol. The molecule has 0 bridgehead atoms. The molecule has 0 aliphatic heterocycles. The van der Waals surface area contributed by atoms with Gasteiger partial charge in [0.1, 0.15) is 0 Å². The Bertz CT molecular complexity index is 400. The highest BCUT2D eigenvalue weighted by molar-refractivity contribution is 6.75. The van der Waals surface area contributed by atoms with Crippen LogP contribution in [0.5, 0.6) is 0 Å². The third-order valence-electron chi connectivity index (χ3n) is 3.22. The molecule has 1 atom stereocenters. The van der Waals surface area contributed by atoms with Gasteiger partial charge in [-0.05, 0) is 17.7 Å². The fraction of sp³-hybridized carbons (Fsp3) is 0.500. The Labute approximate surface area is 109 Å². The second-order valence-corrected chi connectivity index (χ2v) is 8.37. The smallest absolute Gasteiger partial charge is 0.413 e. The van der Waals surface area contributed by atoms with E-state index in [-0.39, 0.29) is 12.1 Å². The number of benzene rings is 1. The fourth-order valence-electron chi connectivity index (χ4n) is 1.99. The molecule has 1 aromatic rings. The number of alkyl halides is 5. The maximum atomic E-state index is 13.7. The average molecular weight is 298 g/mol. The lowest BCUT2D eigenvalue weighted by Crippen LogP contribution is -2.63. The van der Waals surface area contributed by atoms with E-state index in [1.807, 2.05) is 0 Å². The first-order chi connectivity index (χ1) is 8.70. The lowest BCUT2D eigenvalue weighted by atomic mass is 10.2. The molecule has 1 aromatic carbocycles. The van der Waals surface area contributed by atoms with Crippen molar-refractivity contribution >= 4 is 8.32 Å². The van der Waals surface area contributed by atoms with Crippen LogP contribution in [0.25, 0.3) is 0 Å². The molecule has 0 saturated heterocycles. The summed E-state index contributed by atoms with van der Waals surface area (Å²) in [4.78, 5) is 0. The van der Waals surface area contributed by atoms with Crippen LogP contribution in [0, 0.1) is 0 Å². The van der Waals surface area contributed by atoms with Crippen LogP contribution in [0.15, 0.2) is 30.3 Å². The van der Waals surface area contributed by atoms with Crippen molar-refractivity contribution in [1.82, 2.24) is 0 Å². The van der Waals surface area contributed by atoms with Crippen molar-refractivity contribution in [3.05, 3.63) is 35.9 Å². The van der Waals surface area contributed by atoms with Crippen LogP contribution in [0.4, 0.5) is 22.0 Å². The highest BCUT2D eigenvalue weighted by atomic mass is 28.4. The Morgan fingerprint density at radius 1 is 1.05 bits per heavy atom. The van der Waals surface area contributed by atoms with Gasteiger partial charge in [0.05, 0.1) is 0 Å². The van der Waals surface area contributed by atoms with Crippen molar-refractivity contribution in [2.45, 2.75) is 30.7 Å². The van der Waals surface area contributed by atoms with Gasteiger partial charge in [-0.25, -0.2) is 0 Å². The minimum atomic E-state index is -5.58. The van der Waals surface area contributed by atoms with Crippen molar-refractivity contribution in [2.75, 3.05) is 7.11 Å². The second kappa shape index (κ2) is 5.58. The van der Waals surface area contributed by atoms with Gasteiger partial charge in [0.2, 0.25) is 0 Å². The molecule has 0 fully saturated rings. The fourth-order valence-corrected chi connectivity index (χ4v) is 5.00. The molecule has 1 nitrogen and oxygen atoms in total. The van der Waals surface area contributed by atoms with Crippen LogP contribution in [0.3, 0.4) is 0 Å². The summed E-state index contributed by atoms with van der Waals surface area (Å²) in [5.41, 5.74) is -4.35. The Hall–Kier alpha value is -0.953. The minimum absolute atomic E-state index is 0.315. The third-order valence-corrected chi connectivity index (χ3v) is 7.55. The molecule has 0 aliphatic rings. The van der Waals surface area contributed by atoms with E-state index in [0.29, 0.717) is 5.56 Å². The van der Waals surface area contributed by atoms with E-state index in [1.54, 1.807) is 18.2 Å². The molecular weight excluding hydrogens is 283 g/mol. The van der Waals surface area contributed by atoms with Gasteiger partial charge in [0.15, 0.2) is 0 Å². The van der Waals surface area contributed by atoms with E-state index >= 15 is 0 Å². The quantitative estimate of drug-likeness (QED) is 0.587. The van der Waals surface area contributed by atoms with Gasteiger partial charge in [-0.2, -0.15) is 22.0 Å². The van der Waals surface area contributed by atoms with Crippen LogP contribution >= 0.6 is 0 Å². The SMILES string of the molecule is CC[Si](Cc1ccccc1)(OC)C(F)(F)C(F)(F)F. The third kappa shape index (κ3) is 2.97. The Morgan fingerprint density at radius 2 is 1.58 bits per heavy atom. The van der Waals surface area contributed by atoms with Crippen LogP contribution in [-0.4, -0.2) is 27.1 Å². The van der Waals surface area contributed by atoms with Crippen LogP contribution in [0.1, 0.15) is 12.5 Å². The lowest BCUT2D eigenvalue weighted by molar-refractivity contribution is -0.253. The molecule has 0 saturated carbocycles. The lowest BCUT2D eigenvalue weighted by Gasteiger charge is -2.37. The zero-order valence-corrected chi connectivity index (χ0v) is 11.6. The van der Waals surface area contributed by atoms with E-state index in [2.05, 4.69) is 0 Å². The molecule has 108 valence electrons. The number of hydrogen-bond donors (Lipinski definition) is 0. The monoisotopic (exact) mass is 298 g/mol. The standard InChI is InChI=1S/C12H15F5OSi/c1-3-19(18-2,12(16,17)11(13,14)15)9-10-7-5-4-6-8-10/h4-8H,3,9H2,1-2H3. The van der Waals surface area contributed by atoms with Gasteiger partial charge in [0, 0.05) is 7.11 Å². The maximum absolute atomic E-state index is 13.7. The van der Waals surface area contributed by atoms with E-state index in [4.69, 9.17) is 4.43 Å². The topological polar surface area (TPSA) is 9.23 Å². The van der Waals surface area contributed by atoms with Crippen molar-refractivity contribution in [3.63, 3.8) is 0 Å². The van der Waals surface area contributed by atoms with Gasteiger partial charge in [-0.1, -0.05) is 37.3 Å². The average Bonchev–Trinajstić information content (AvgIpc) is 2.35. The summed E-state index contributed by atoms with van der Waals surface area (Å²) >= 11 is 0. The van der Waals surface area contributed by atoms with Crippen molar-refractivity contribution in [3.8, 4) is 0 Å². The highest BCUT2D eigenvalue weighted by Crippen LogP contribution is 2.45. The Kier molecular flexibility index (Phi) is 4.73. The number of rotatable bonds is 5. The predicted octanol–water partition coefficient (Wildman–Crippen LogP) is 4.12.